The maximum atomic E-state index is 13.9. The van der Waals surface area contributed by atoms with E-state index in [0.29, 0.717) is 30.9 Å². The van der Waals surface area contributed by atoms with Crippen molar-refractivity contribution in [3.8, 4) is 0 Å². The molecule has 4 rings (SSSR count). The number of aromatic nitrogens is 2. The zero-order chi connectivity index (χ0) is 19.8. The maximum absolute atomic E-state index is 13.9. The van der Waals surface area contributed by atoms with Crippen LogP contribution in [0, 0.1) is 11.6 Å². The number of aldehydes is 1. The molecule has 1 aromatic carbocycles. The van der Waals surface area contributed by atoms with Crippen LogP contribution in [0.15, 0.2) is 24.4 Å². The lowest BCUT2D eigenvalue weighted by Crippen LogP contribution is -2.50. The lowest BCUT2D eigenvalue weighted by molar-refractivity contribution is -0.108. The van der Waals surface area contributed by atoms with Gasteiger partial charge in [-0.25, -0.2) is 23.5 Å². The van der Waals surface area contributed by atoms with E-state index in [2.05, 4.69) is 9.97 Å². The Balaban J connectivity index is 1.68. The zero-order valence-electron chi connectivity index (χ0n) is 15.3. The lowest BCUT2D eigenvalue weighted by Gasteiger charge is -2.28. The van der Waals surface area contributed by atoms with Crippen LogP contribution in [0.1, 0.15) is 24.2 Å². The number of anilines is 2. The van der Waals surface area contributed by atoms with E-state index in [4.69, 9.17) is 0 Å². The molecule has 0 spiro atoms. The van der Waals surface area contributed by atoms with E-state index in [1.54, 1.807) is 16.8 Å². The smallest absolute Gasteiger partial charge is 0.326 e. The van der Waals surface area contributed by atoms with E-state index in [9.17, 15) is 18.4 Å². The minimum atomic E-state index is -0.835. The topological polar surface area (TPSA) is 69.6 Å². The molecule has 2 aromatic rings. The number of benzene rings is 1. The number of nitrogens with zero attached hydrogens (tertiary/aromatic N) is 5. The lowest BCUT2D eigenvalue weighted by atomic mass is 10.1. The van der Waals surface area contributed by atoms with Gasteiger partial charge in [0.15, 0.2) is 18.3 Å². The van der Waals surface area contributed by atoms with Gasteiger partial charge in [-0.1, -0.05) is 6.07 Å². The third-order valence-corrected chi connectivity index (χ3v) is 5.16. The zero-order valence-corrected chi connectivity index (χ0v) is 15.3. The molecule has 0 bridgehead atoms. The molecule has 1 saturated heterocycles. The second-order valence-corrected chi connectivity index (χ2v) is 6.88. The molecule has 2 amide bonds. The van der Waals surface area contributed by atoms with E-state index in [1.165, 1.54) is 29.3 Å². The Labute approximate surface area is 160 Å². The first-order chi connectivity index (χ1) is 13.5. The molecule has 1 unspecified atom stereocenters. The molecule has 2 aliphatic rings. The van der Waals surface area contributed by atoms with Crippen LogP contribution >= 0.6 is 0 Å². The molecule has 0 radical (unpaired) electrons. The number of likely N-dealkylation sites (N-methyl/N-ethyl adjacent to an activating group) is 1. The number of urea groups is 1. The van der Waals surface area contributed by atoms with Crippen LogP contribution in [0.3, 0.4) is 0 Å². The van der Waals surface area contributed by atoms with Gasteiger partial charge in [0.25, 0.3) is 0 Å². The van der Waals surface area contributed by atoms with Crippen LogP contribution in [0.2, 0.25) is 0 Å². The summed E-state index contributed by atoms with van der Waals surface area (Å²) >= 11 is 0. The van der Waals surface area contributed by atoms with Crippen molar-refractivity contribution in [1.82, 2.24) is 14.9 Å². The van der Waals surface area contributed by atoms with Crippen molar-refractivity contribution in [3.05, 3.63) is 47.4 Å². The largest absolute Gasteiger partial charge is 0.331 e. The molecule has 0 saturated carbocycles. The van der Waals surface area contributed by atoms with Gasteiger partial charge in [-0.05, 0) is 25.0 Å². The number of hydrogen-bond acceptors (Lipinski definition) is 5. The van der Waals surface area contributed by atoms with Crippen molar-refractivity contribution >= 4 is 23.8 Å². The van der Waals surface area contributed by atoms with Crippen LogP contribution in [0.25, 0.3) is 0 Å². The van der Waals surface area contributed by atoms with Gasteiger partial charge in [0.1, 0.15) is 23.1 Å². The number of rotatable bonds is 3. The molecule has 146 valence electrons. The highest BCUT2D eigenvalue weighted by molar-refractivity contribution is 6.02. The van der Waals surface area contributed by atoms with Crippen molar-refractivity contribution in [1.29, 1.82) is 0 Å². The van der Waals surface area contributed by atoms with E-state index in [-0.39, 0.29) is 23.8 Å². The van der Waals surface area contributed by atoms with Crippen LogP contribution < -0.4 is 9.80 Å². The monoisotopic (exact) mass is 387 g/mol. The summed E-state index contributed by atoms with van der Waals surface area (Å²) in [4.78, 5) is 37.8. The fourth-order valence-electron chi connectivity index (χ4n) is 3.65. The first-order valence-electron chi connectivity index (χ1n) is 9.06. The predicted octanol–water partition coefficient (Wildman–Crippen LogP) is 2.34. The SMILES string of the molecule is CN1c2nc(Cc3c(F)cccc3F)ncc2N(C(=O)N2CCCC2)C1C=O. The molecule has 3 heterocycles. The Morgan fingerprint density at radius 2 is 1.93 bits per heavy atom. The summed E-state index contributed by atoms with van der Waals surface area (Å²) < 4.78 is 27.9. The molecule has 0 aliphatic carbocycles. The molecule has 28 heavy (non-hydrogen) atoms. The minimum Gasteiger partial charge on any atom is -0.331 e. The summed E-state index contributed by atoms with van der Waals surface area (Å²) in [6.07, 6.45) is 3.00. The normalized spacial score (nSPS) is 18.5. The van der Waals surface area contributed by atoms with Gasteiger partial charge in [0.05, 0.1) is 6.20 Å². The second kappa shape index (κ2) is 7.14. The standard InChI is InChI=1S/C19H19F2N5O2/c1-24-17(11-27)26(19(28)25-7-2-3-8-25)15-10-22-16(23-18(15)24)9-12-13(20)5-4-6-14(12)21/h4-6,10-11,17H,2-3,7-9H2,1H3. The Kier molecular flexibility index (Phi) is 4.66. The number of carbonyl (C=O) groups is 2. The first kappa shape index (κ1) is 18.3. The van der Waals surface area contributed by atoms with Crippen molar-refractivity contribution in [3.63, 3.8) is 0 Å². The van der Waals surface area contributed by atoms with Crippen LogP contribution in [0.5, 0.6) is 0 Å². The fraction of sp³-hybridized carbons (Fsp3) is 0.368. The summed E-state index contributed by atoms with van der Waals surface area (Å²) in [7, 11) is 1.65. The van der Waals surface area contributed by atoms with Crippen LogP contribution in [-0.2, 0) is 11.2 Å². The van der Waals surface area contributed by atoms with Crippen molar-refractivity contribution < 1.29 is 18.4 Å². The Morgan fingerprint density at radius 3 is 2.57 bits per heavy atom. The number of likely N-dealkylation sites (tertiary alicyclic amines) is 1. The molecule has 0 N–H and O–H groups in total. The highest BCUT2D eigenvalue weighted by atomic mass is 19.1. The highest BCUT2D eigenvalue weighted by Crippen LogP contribution is 2.37. The molecule has 9 heteroatoms. The number of hydrogen-bond donors (Lipinski definition) is 0. The highest BCUT2D eigenvalue weighted by Gasteiger charge is 2.41. The molecular formula is C19H19F2N5O2. The Hall–Kier alpha value is -3.10. The van der Waals surface area contributed by atoms with Gasteiger partial charge in [0, 0.05) is 32.1 Å². The molecule has 1 aromatic heterocycles. The maximum Gasteiger partial charge on any atom is 0.326 e. The van der Waals surface area contributed by atoms with Crippen molar-refractivity contribution in [2.75, 3.05) is 29.9 Å². The number of fused-ring (bicyclic) bond motifs is 1. The number of amides is 2. The molecule has 7 nitrogen and oxygen atoms in total. The van der Waals surface area contributed by atoms with E-state index in [1.807, 2.05) is 0 Å². The third kappa shape index (κ3) is 2.96. The van der Waals surface area contributed by atoms with Gasteiger partial charge in [-0.3, -0.25) is 9.69 Å². The summed E-state index contributed by atoms with van der Waals surface area (Å²) in [5.74, 6) is -0.760. The first-order valence-corrected chi connectivity index (χ1v) is 9.06. The van der Waals surface area contributed by atoms with E-state index >= 15 is 0 Å². The predicted molar refractivity (Wildman–Crippen MR) is 98.1 cm³/mol. The molecular weight excluding hydrogens is 368 g/mol. The van der Waals surface area contributed by atoms with Gasteiger partial charge in [0.2, 0.25) is 0 Å². The van der Waals surface area contributed by atoms with E-state index < -0.39 is 17.8 Å². The van der Waals surface area contributed by atoms with E-state index in [0.717, 1.165) is 12.8 Å². The van der Waals surface area contributed by atoms with Crippen LogP contribution in [0.4, 0.5) is 25.1 Å². The Morgan fingerprint density at radius 1 is 1.25 bits per heavy atom. The summed E-state index contributed by atoms with van der Waals surface area (Å²) in [6.45, 7) is 1.29. The van der Waals surface area contributed by atoms with Crippen molar-refractivity contribution in [2.24, 2.45) is 0 Å². The average molecular weight is 387 g/mol. The number of halogens is 2. The fourth-order valence-corrected chi connectivity index (χ4v) is 3.65. The summed E-state index contributed by atoms with van der Waals surface area (Å²) in [5, 5.41) is 0. The van der Waals surface area contributed by atoms with Gasteiger partial charge in [-0.15, -0.1) is 0 Å². The minimum absolute atomic E-state index is 0.125. The Bertz CT molecular complexity index is 912. The van der Waals surface area contributed by atoms with Gasteiger partial charge in [-0.2, -0.15) is 0 Å². The average Bonchev–Trinajstić information content (AvgIpc) is 3.31. The molecule has 1 fully saturated rings. The van der Waals surface area contributed by atoms with Gasteiger partial charge < -0.3 is 9.80 Å². The van der Waals surface area contributed by atoms with Crippen molar-refractivity contribution in [2.45, 2.75) is 25.4 Å². The molecule has 1 atom stereocenters. The van der Waals surface area contributed by atoms with Crippen LogP contribution in [-0.4, -0.2) is 53.5 Å². The quantitative estimate of drug-likeness (QED) is 0.757. The summed E-state index contributed by atoms with van der Waals surface area (Å²) in [6, 6.07) is 3.38. The second-order valence-electron chi connectivity index (χ2n) is 6.88. The van der Waals surface area contributed by atoms with Gasteiger partial charge >= 0.3 is 6.03 Å². The third-order valence-electron chi connectivity index (χ3n) is 5.16. The molecule has 2 aliphatic heterocycles. The number of carbonyl (C=O) groups excluding carboxylic acids is 2. The summed E-state index contributed by atoms with van der Waals surface area (Å²) in [5.41, 5.74) is 0.286.